The van der Waals surface area contributed by atoms with Gasteiger partial charge in [-0.2, -0.15) is 0 Å². The molecule has 1 N–H and O–H groups in total. The van der Waals surface area contributed by atoms with Gasteiger partial charge in [0.05, 0.1) is 36.0 Å². The molecule has 0 aliphatic rings. The molecule has 3 rings (SSSR count). The average Bonchev–Trinajstić information content (AvgIpc) is 2.50. The third-order valence-electron chi connectivity index (χ3n) is 3.69. The summed E-state index contributed by atoms with van der Waals surface area (Å²) >= 11 is 0. The number of ether oxygens (including phenoxy) is 2. The monoisotopic (exact) mass is 285 g/mol. The number of methoxy groups -OCH3 is 2. The van der Waals surface area contributed by atoms with Gasteiger partial charge in [-0.1, -0.05) is 6.07 Å². The third kappa shape index (κ3) is 1.81. The summed E-state index contributed by atoms with van der Waals surface area (Å²) in [7, 11) is 4.90. The lowest BCUT2D eigenvalue weighted by atomic mass is 10.1. The molecular formula is C16H15NO4. The Kier molecular flexibility index (Phi) is 2.97. The molecule has 2 aromatic carbocycles. The number of aryl methyl sites for hydroxylation is 1. The molecule has 0 amide bonds. The Bertz CT molecular complexity index is 912. The van der Waals surface area contributed by atoms with Crippen molar-refractivity contribution in [2.24, 2.45) is 7.05 Å². The Morgan fingerprint density at radius 2 is 1.90 bits per heavy atom. The summed E-state index contributed by atoms with van der Waals surface area (Å²) < 4.78 is 12.3. The predicted octanol–water partition coefficient (Wildman–Crippen LogP) is 2.41. The molecule has 1 heterocycles. The van der Waals surface area contributed by atoms with Gasteiger partial charge in [0, 0.05) is 19.2 Å². The Morgan fingerprint density at radius 3 is 2.57 bits per heavy atom. The van der Waals surface area contributed by atoms with Crippen LogP contribution in [0.5, 0.6) is 17.2 Å². The number of phenolic OH excluding ortho intramolecular Hbond substituents is 1. The summed E-state index contributed by atoms with van der Waals surface area (Å²) in [6.07, 6.45) is 0. The number of benzene rings is 2. The van der Waals surface area contributed by atoms with Crippen LogP contribution >= 0.6 is 0 Å². The number of nitrogens with zero attached hydrogens (tertiary/aromatic N) is 1. The van der Waals surface area contributed by atoms with Gasteiger partial charge in [-0.3, -0.25) is 4.79 Å². The molecule has 0 aliphatic carbocycles. The highest BCUT2D eigenvalue weighted by molar-refractivity contribution is 5.99. The molecule has 0 unspecified atom stereocenters. The number of fused-ring (bicyclic) bond motifs is 2. The molecule has 0 atom stereocenters. The standard InChI is InChI=1S/C16H15NO4/c1-17-11-7-9(20-2)8-12(18)14(11)16(19)10-5-4-6-13(21-3)15(10)17/h4-8,18H,1-3H3. The molecule has 0 spiro atoms. The zero-order valence-corrected chi connectivity index (χ0v) is 12.0. The van der Waals surface area contributed by atoms with Crippen molar-refractivity contribution in [1.82, 2.24) is 4.57 Å². The number of para-hydroxylation sites is 1. The maximum Gasteiger partial charge on any atom is 0.201 e. The molecule has 21 heavy (non-hydrogen) atoms. The third-order valence-corrected chi connectivity index (χ3v) is 3.69. The van der Waals surface area contributed by atoms with E-state index in [9.17, 15) is 9.90 Å². The molecule has 0 bridgehead atoms. The predicted molar refractivity (Wildman–Crippen MR) is 81.5 cm³/mol. The van der Waals surface area contributed by atoms with Gasteiger partial charge in [-0.15, -0.1) is 0 Å². The molecule has 0 fully saturated rings. The summed E-state index contributed by atoms with van der Waals surface area (Å²) in [5.74, 6) is 1.01. The number of rotatable bonds is 2. The quantitative estimate of drug-likeness (QED) is 0.735. The molecule has 5 heteroatoms. The fourth-order valence-corrected chi connectivity index (χ4v) is 2.67. The molecule has 0 saturated heterocycles. The molecule has 3 aromatic rings. The van der Waals surface area contributed by atoms with Gasteiger partial charge < -0.3 is 19.1 Å². The molecule has 0 aliphatic heterocycles. The molecule has 5 nitrogen and oxygen atoms in total. The van der Waals surface area contributed by atoms with Crippen LogP contribution in [0.25, 0.3) is 21.8 Å². The van der Waals surface area contributed by atoms with E-state index in [-0.39, 0.29) is 16.6 Å². The first-order valence-electron chi connectivity index (χ1n) is 6.45. The summed E-state index contributed by atoms with van der Waals surface area (Å²) in [5, 5.41) is 10.9. The van der Waals surface area contributed by atoms with Crippen LogP contribution in [0, 0.1) is 0 Å². The molecule has 108 valence electrons. The second kappa shape index (κ2) is 4.70. The Labute approximate surface area is 121 Å². The van der Waals surface area contributed by atoms with E-state index in [0.717, 1.165) is 0 Å². The smallest absolute Gasteiger partial charge is 0.201 e. The zero-order chi connectivity index (χ0) is 15.1. The van der Waals surface area contributed by atoms with E-state index in [1.165, 1.54) is 13.2 Å². The van der Waals surface area contributed by atoms with Crippen molar-refractivity contribution in [2.45, 2.75) is 0 Å². The highest BCUT2D eigenvalue weighted by atomic mass is 16.5. The van der Waals surface area contributed by atoms with Crippen molar-refractivity contribution in [3.05, 3.63) is 40.6 Å². The maximum absolute atomic E-state index is 12.7. The normalized spacial score (nSPS) is 11.0. The Hall–Kier alpha value is -2.69. The molecule has 0 saturated carbocycles. The van der Waals surface area contributed by atoms with Crippen LogP contribution in [0.1, 0.15) is 0 Å². The van der Waals surface area contributed by atoms with Gasteiger partial charge in [0.15, 0.2) is 0 Å². The van der Waals surface area contributed by atoms with E-state index >= 15 is 0 Å². The highest BCUT2D eigenvalue weighted by Gasteiger charge is 2.16. The fraction of sp³-hybridized carbons (Fsp3) is 0.188. The maximum atomic E-state index is 12.7. The van der Waals surface area contributed by atoms with E-state index < -0.39 is 0 Å². The van der Waals surface area contributed by atoms with Crippen molar-refractivity contribution < 1.29 is 14.6 Å². The van der Waals surface area contributed by atoms with Crippen LogP contribution in [0.15, 0.2) is 35.1 Å². The second-order valence-electron chi connectivity index (χ2n) is 4.79. The minimum atomic E-state index is -0.225. The lowest BCUT2D eigenvalue weighted by molar-refractivity contribution is 0.409. The number of pyridine rings is 1. The first-order valence-corrected chi connectivity index (χ1v) is 6.45. The van der Waals surface area contributed by atoms with Crippen LogP contribution in [0.4, 0.5) is 0 Å². The van der Waals surface area contributed by atoms with Crippen molar-refractivity contribution in [3.63, 3.8) is 0 Å². The number of aromatic hydroxyl groups is 1. The highest BCUT2D eigenvalue weighted by Crippen LogP contribution is 2.32. The zero-order valence-electron chi connectivity index (χ0n) is 12.0. The van der Waals surface area contributed by atoms with Gasteiger partial charge in [0.25, 0.3) is 0 Å². The lowest BCUT2D eigenvalue weighted by Gasteiger charge is -2.14. The van der Waals surface area contributed by atoms with Crippen LogP contribution in [0.3, 0.4) is 0 Å². The van der Waals surface area contributed by atoms with Crippen molar-refractivity contribution in [3.8, 4) is 17.2 Å². The first-order chi connectivity index (χ1) is 10.1. The van der Waals surface area contributed by atoms with Crippen molar-refractivity contribution in [2.75, 3.05) is 14.2 Å². The summed E-state index contributed by atoms with van der Waals surface area (Å²) in [6.45, 7) is 0. The molecular weight excluding hydrogens is 270 g/mol. The largest absolute Gasteiger partial charge is 0.507 e. The van der Waals surface area contributed by atoms with E-state index in [1.54, 1.807) is 31.4 Å². The number of aromatic nitrogens is 1. The number of hydrogen-bond donors (Lipinski definition) is 1. The summed E-state index contributed by atoms with van der Waals surface area (Å²) in [4.78, 5) is 12.7. The van der Waals surface area contributed by atoms with Crippen molar-refractivity contribution >= 4 is 21.8 Å². The molecule has 1 aromatic heterocycles. The molecule has 0 radical (unpaired) electrons. The van der Waals surface area contributed by atoms with Gasteiger partial charge in [-0.25, -0.2) is 0 Å². The van der Waals surface area contributed by atoms with Crippen LogP contribution in [0.2, 0.25) is 0 Å². The minimum Gasteiger partial charge on any atom is -0.507 e. The lowest BCUT2D eigenvalue weighted by Crippen LogP contribution is -2.10. The number of phenols is 1. The Balaban J connectivity index is 2.63. The van der Waals surface area contributed by atoms with Gasteiger partial charge in [0.2, 0.25) is 5.43 Å². The van der Waals surface area contributed by atoms with E-state index in [4.69, 9.17) is 9.47 Å². The SMILES string of the molecule is COc1cc(O)c2c(=O)c3cccc(OC)c3n(C)c2c1. The topological polar surface area (TPSA) is 60.7 Å². The number of hydrogen-bond acceptors (Lipinski definition) is 4. The minimum absolute atomic E-state index is 0.0883. The van der Waals surface area contributed by atoms with Gasteiger partial charge >= 0.3 is 0 Å². The van der Waals surface area contributed by atoms with E-state index in [2.05, 4.69) is 0 Å². The average molecular weight is 285 g/mol. The summed E-state index contributed by atoms with van der Waals surface area (Å²) in [6, 6.07) is 8.45. The van der Waals surface area contributed by atoms with Gasteiger partial charge in [0.1, 0.15) is 17.2 Å². The second-order valence-corrected chi connectivity index (χ2v) is 4.79. The van der Waals surface area contributed by atoms with E-state index in [1.807, 2.05) is 11.6 Å². The van der Waals surface area contributed by atoms with Gasteiger partial charge in [-0.05, 0) is 12.1 Å². The summed E-state index contributed by atoms with van der Waals surface area (Å²) in [5.41, 5.74) is 1.05. The fourth-order valence-electron chi connectivity index (χ4n) is 2.67. The van der Waals surface area contributed by atoms with Crippen molar-refractivity contribution in [1.29, 1.82) is 0 Å². The van der Waals surface area contributed by atoms with E-state index in [0.29, 0.717) is 27.9 Å². The van der Waals surface area contributed by atoms with Crippen LogP contribution in [-0.4, -0.2) is 23.9 Å². The van der Waals surface area contributed by atoms with Crippen LogP contribution in [-0.2, 0) is 7.05 Å². The Morgan fingerprint density at radius 1 is 1.14 bits per heavy atom. The van der Waals surface area contributed by atoms with Crippen LogP contribution < -0.4 is 14.9 Å². The first kappa shape index (κ1) is 13.3.